The van der Waals surface area contributed by atoms with Gasteiger partial charge in [0, 0.05) is 50.5 Å². The van der Waals surface area contributed by atoms with E-state index in [1.807, 2.05) is 24.5 Å². The molecule has 5 heteroatoms. The smallest absolute Gasteiger partial charge is 0.220 e. The van der Waals surface area contributed by atoms with Crippen molar-refractivity contribution in [1.82, 2.24) is 14.8 Å². The van der Waals surface area contributed by atoms with E-state index in [-0.39, 0.29) is 12.0 Å². The minimum Gasteiger partial charge on any atom is -0.391 e. The quantitative estimate of drug-likeness (QED) is 0.839. The molecule has 1 aliphatic heterocycles. The zero-order valence-corrected chi connectivity index (χ0v) is 14.6. The number of rotatable bonds is 6. The van der Waals surface area contributed by atoms with E-state index in [0.29, 0.717) is 18.5 Å². The first kappa shape index (κ1) is 17.5. The lowest BCUT2D eigenvalue weighted by molar-refractivity contribution is -0.122. The minimum atomic E-state index is -0.154. The second-order valence-corrected chi connectivity index (χ2v) is 7.32. The van der Waals surface area contributed by atoms with Gasteiger partial charge in [0.1, 0.15) is 0 Å². The van der Waals surface area contributed by atoms with Crippen molar-refractivity contribution in [3.8, 4) is 0 Å². The number of nitrogens with one attached hydrogen (secondary N) is 1. The van der Waals surface area contributed by atoms with Gasteiger partial charge in [-0.3, -0.25) is 9.69 Å². The normalized spacial score (nSPS) is 26.4. The molecule has 2 aliphatic rings. The predicted molar refractivity (Wildman–Crippen MR) is 94.7 cm³/mol. The fourth-order valence-electron chi connectivity index (χ4n) is 4.13. The van der Waals surface area contributed by atoms with Gasteiger partial charge in [0.05, 0.1) is 6.10 Å². The average Bonchev–Trinajstić information content (AvgIpc) is 3.10. The standard InChI is InChI=1S/C19H31N3O2/c23-18-7-2-1-6-17(18)22-14-9-16(10-15-22)20-19(24)8-5-13-21-11-3-4-12-21/h3-4,11-12,16-18,23H,1-2,5-10,13-15H2,(H,20,24)/t17-,18+/m0/s1. The van der Waals surface area contributed by atoms with Crippen LogP contribution in [0.2, 0.25) is 0 Å². The SMILES string of the molecule is O=C(CCCn1cccc1)NC1CCN([C@H]2CCCC[C@H]2O)CC1. The molecule has 5 nitrogen and oxygen atoms in total. The van der Waals surface area contributed by atoms with Gasteiger partial charge in [0.15, 0.2) is 0 Å². The molecule has 0 radical (unpaired) electrons. The van der Waals surface area contributed by atoms with Crippen LogP contribution in [0.4, 0.5) is 0 Å². The van der Waals surface area contributed by atoms with Crippen LogP contribution in [0.3, 0.4) is 0 Å². The molecular formula is C19H31N3O2. The molecule has 2 N–H and O–H groups in total. The zero-order valence-electron chi connectivity index (χ0n) is 14.6. The number of aliphatic hydroxyl groups excluding tert-OH is 1. The monoisotopic (exact) mass is 333 g/mol. The van der Waals surface area contributed by atoms with Crippen molar-refractivity contribution in [1.29, 1.82) is 0 Å². The van der Waals surface area contributed by atoms with Crippen molar-refractivity contribution >= 4 is 5.91 Å². The Morgan fingerprint density at radius 3 is 2.50 bits per heavy atom. The molecule has 1 aromatic heterocycles. The van der Waals surface area contributed by atoms with E-state index in [2.05, 4.69) is 14.8 Å². The summed E-state index contributed by atoms with van der Waals surface area (Å²) in [5.41, 5.74) is 0. The number of aryl methyl sites for hydroxylation is 1. The van der Waals surface area contributed by atoms with Crippen molar-refractivity contribution in [2.75, 3.05) is 13.1 Å². The summed E-state index contributed by atoms with van der Waals surface area (Å²) in [6.45, 7) is 2.89. The van der Waals surface area contributed by atoms with Crippen molar-refractivity contribution in [2.45, 2.75) is 76.1 Å². The van der Waals surface area contributed by atoms with E-state index in [4.69, 9.17) is 0 Å². The first-order valence-corrected chi connectivity index (χ1v) is 9.54. The first-order chi connectivity index (χ1) is 11.7. The first-order valence-electron chi connectivity index (χ1n) is 9.54. The Morgan fingerprint density at radius 1 is 1.08 bits per heavy atom. The highest BCUT2D eigenvalue weighted by Crippen LogP contribution is 2.25. The summed E-state index contributed by atoms with van der Waals surface area (Å²) in [6.07, 6.45) is 11.9. The number of hydrogen-bond acceptors (Lipinski definition) is 3. The summed E-state index contributed by atoms with van der Waals surface area (Å²) in [5, 5.41) is 13.4. The van der Waals surface area contributed by atoms with Gasteiger partial charge in [-0.25, -0.2) is 0 Å². The number of aromatic nitrogens is 1. The molecule has 0 aromatic carbocycles. The van der Waals surface area contributed by atoms with E-state index < -0.39 is 0 Å². The fraction of sp³-hybridized carbons (Fsp3) is 0.737. The Labute approximate surface area is 145 Å². The highest BCUT2D eigenvalue weighted by Gasteiger charge is 2.31. The van der Waals surface area contributed by atoms with Crippen LogP contribution in [-0.2, 0) is 11.3 Å². The third-order valence-electron chi connectivity index (χ3n) is 5.54. The van der Waals surface area contributed by atoms with Gasteiger partial charge < -0.3 is 15.0 Å². The lowest BCUT2D eigenvalue weighted by Crippen LogP contribution is -2.52. The van der Waals surface area contributed by atoms with E-state index in [9.17, 15) is 9.90 Å². The van der Waals surface area contributed by atoms with Crippen molar-refractivity contribution < 1.29 is 9.90 Å². The molecule has 0 bridgehead atoms. The lowest BCUT2D eigenvalue weighted by Gasteiger charge is -2.41. The third-order valence-corrected chi connectivity index (χ3v) is 5.54. The number of piperidine rings is 1. The number of likely N-dealkylation sites (tertiary alicyclic amines) is 1. The van der Waals surface area contributed by atoms with Gasteiger partial charge in [-0.05, 0) is 44.2 Å². The van der Waals surface area contributed by atoms with Crippen LogP contribution in [0, 0.1) is 0 Å². The summed E-state index contributed by atoms with van der Waals surface area (Å²) < 4.78 is 2.11. The third kappa shape index (κ3) is 4.84. The van der Waals surface area contributed by atoms with Crippen LogP contribution in [0.15, 0.2) is 24.5 Å². The van der Waals surface area contributed by atoms with Gasteiger partial charge in [0.25, 0.3) is 0 Å². The fourth-order valence-corrected chi connectivity index (χ4v) is 4.13. The summed E-state index contributed by atoms with van der Waals surface area (Å²) in [7, 11) is 0. The highest BCUT2D eigenvalue weighted by molar-refractivity contribution is 5.76. The summed E-state index contributed by atoms with van der Waals surface area (Å²) in [4.78, 5) is 14.5. The van der Waals surface area contributed by atoms with Crippen LogP contribution in [0.25, 0.3) is 0 Å². The van der Waals surface area contributed by atoms with E-state index in [1.165, 1.54) is 6.42 Å². The number of carbonyl (C=O) groups excluding carboxylic acids is 1. The Morgan fingerprint density at radius 2 is 1.79 bits per heavy atom. The Bertz CT molecular complexity index is 495. The number of carbonyl (C=O) groups is 1. The number of amides is 1. The molecule has 1 saturated heterocycles. The van der Waals surface area contributed by atoms with Crippen LogP contribution < -0.4 is 5.32 Å². The molecule has 2 heterocycles. The maximum Gasteiger partial charge on any atom is 0.220 e. The second kappa shape index (κ2) is 8.67. The maximum atomic E-state index is 12.1. The molecule has 0 unspecified atom stereocenters. The van der Waals surface area contributed by atoms with Crippen LogP contribution in [0.1, 0.15) is 51.4 Å². The molecule has 1 aromatic rings. The number of hydrogen-bond donors (Lipinski definition) is 2. The highest BCUT2D eigenvalue weighted by atomic mass is 16.3. The molecule has 1 aliphatic carbocycles. The zero-order chi connectivity index (χ0) is 16.8. The molecule has 2 atom stereocenters. The lowest BCUT2D eigenvalue weighted by atomic mass is 9.89. The molecule has 0 spiro atoms. The molecule has 1 saturated carbocycles. The molecule has 1 amide bonds. The Hall–Kier alpha value is -1.33. The van der Waals surface area contributed by atoms with Gasteiger partial charge in [-0.1, -0.05) is 12.8 Å². The molecular weight excluding hydrogens is 302 g/mol. The minimum absolute atomic E-state index is 0.154. The van der Waals surface area contributed by atoms with Gasteiger partial charge in [0.2, 0.25) is 5.91 Å². The largest absolute Gasteiger partial charge is 0.391 e. The van der Waals surface area contributed by atoms with Crippen molar-refractivity contribution in [3.05, 3.63) is 24.5 Å². The predicted octanol–water partition coefficient (Wildman–Crippen LogP) is 2.15. The maximum absolute atomic E-state index is 12.1. The van der Waals surface area contributed by atoms with E-state index in [1.54, 1.807) is 0 Å². The second-order valence-electron chi connectivity index (χ2n) is 7.32. The Kier molecular flexibility index (Phi) is 6.32. The van der Waals surface area contributed by atoms with Gasteiger partial charge in [-0.2, -0.15) is 0 Å². The summed E-state index contributed by atoms with van der Waals surface area (Å²) >= 11 is 0. The van der Waals surface area contributed by atoms with Crippen LogP contribution in [-0.4, -0.2) is 51.8 Å². The van der Waals surface area contributed by atoms with Crippen LogP contribution >= 0.6 is 0 Å². The van der Waals surface area contributed by atoms with E-state index >= 15 is 0 Å². The van der Waals surface area contributed by atoms with Gasteiger partial charge >= 0.3 is 0 Å². The Balaban J connectivity index is 1.33. The average molecular weight is 333 g/mol. The van der Waals surface area contributed by atoms with Crippen LogP contribution in [0.5, 0.6) is 0 Å². The van der Waals surface area contributed by atoms with Gasteiger partial charge in [-0.15, -0.1) is 0 Å². The number of aliphatic hydroxyl groups is 1. The summed E-state index contributed by atoms with van der Waals surface area (Å²) in [6, 6.07) is 4.67. The molecule has 3 rings (SSSR count). The van der Waals surface area contributed by atoms with Crippen molar-refractivity contribution in [3.63, 3.8) is 0 Å². The van der Waals surface area contributed by atoms with E-state index in [0.717, 1.165) is 58.2 Å². The topological polar surface area (TPSA) is 57.5 Å². The van der Waals surface area contributed by atoms with Crippen molar-refractivity contribution in [2.24, 2.45) is 0 Å². The molecule has 134 valence electrons. The molecule has 2 fully saturated rings. The summed E-state index contributed by atoms with van der Waals surface area (Å²) in [5.74, 6) is 0.179. The number of nitrogens with zero attached hydrogens (tertiary/aromatic N) is 2. The molecule has 24 heavy (non-hydrogen) atoms.